The Bertz CT molecular complexity index is 1240. The minimum atomic E-state index is -0.500. The summed E-state index contributed by atoms with van der Waals surface area (Å²) in [6.45, 7) is 0.363. The molecule has 4 rings (SSSR count). The summed E-state index contributed by atoms with van der Waals surface area (Å²) in [5, 5.41) is 12.0. The Morgan fingerprint density at radius 1 is 1.35 bits per heavy atom. The summed E-state index contributed by atoms with van der Waals surface area (Å²) in [5.41, 5.74) is 1.45. The van der Waals surface area contributed by atoms with Gasteiger partial charge in [-0.2, -0.15) is 0 Å². The van der Waals surface area contributed by atoms with Crippen molar-refractivity contribution in [2.75, 3.05) is 7.05 Å². The molecule has 0 N–H and O–H groups in total. The number of benzene rings is 1. The van der Waals surface area contributed by atoms with Gasteiger partial charge in [0.1, 0.15) is 4.83 Å². The maximum Gasteiger partial charge on any atom is 0.269 e. The van der Waals surface area contributed by atoms with Crippen molar-refractivity contribution in [3.8, 4) is 0 Å². The van der Waals surface area contributed by atoms with Crippen LogP contribution in [-0.4, -0.2) is 32.3 Å². The van der Waals surface area contributed by atoms with E-state index in [2.05, 4.69) is 4.98 Å². The van der Waals surface area contributed by atoms with Crippen LogP contribution in [0.25, 0.3) is 10.2 Å². The summed E-state index contributed by atoms with van der Waals surface area (Å²) in [7, 11) is 1.61. The molecule has 162 valence electrons. The lowest BCUT2D eigenvalue weighted by atomic mass is 9.97. The van der Waals surface area contributed by atoms with Crippen LogP contribution in [0.4, 0.5) is 5.69 Å². The molecule has 2 heterocycles. The number of rotatable bonds is 6. The summed E-state index contributed by atoms with van der Waals surface area (Å²) in [5.74, 6) is -0.193. The number of hydrogen-bond donors (Lipinski definition) is 0. The number of fused-ring (bicyclic) bond motifs is 3. The number of carbonyl (C=O) groups is 1. The smallest absolute Gasteiger partial charge is 0.269 e. The lowest BCUT2D eigenvalue weighted by Gasteiger charge is -2.18. The molecule has 0 aliphatic heterocycles. The molecule has 1 aliphatic carbocycles. The monoisotopic (exact) mass is 460 g/mol. The summed E-state index contributed by atoms with van der Waals surface area (Å²) in [6, 6.07) is 4.15. The van der Waals surface area contributed by atoms with Crippen LogP contribution < -0.4 is 5.56 Å². The SMILES string of the molecule is CN(Cc1cc([N+](=O)[O-])ccc1Cl)C(=O)CCn1cnc2sc3c(c2c1=O)CCCC3. The van der Waals surface area contributed by atoms with Gasteiger partial charge < -0.3 is 4.90 Å². The number of halogens is 1. The standard InChI is InChI=1S/C21H21ClN4O4S/c1-24(11-13-10-14(26(29)30)6-7-16(13)22)18(27)8-9-25-12-23-20-19(21(25)28)15-4-2-3-5-17(15)31-20/h6-7,10,12H,2-5,8-9,11H2,1H3. The van der Waals surface area contributed by atoms with Crippen molar-refractivity contribution in [3.63, 3.8) is 0 Å². The third-order valence-corrected chi connectivity index (χ3v) is 7.15. The van der Waals surface area contributed by atoms with E-state index in [1.807, 2.05) is 0 Å². The van der Waals surface area contributed by atoms with E-state index < -0.39 is 4.92 Å². The number of thiophene rings is 1. The Labute approximate surface area is 187 Å². The number of carbonyl (C=O) groups excluding carboxylic acids is 1. The molecule has 0 bridgehead atoms. The molecule has 1 amide bonds. The summed E-state index contributed by atoms with van der Waals surface area (Å²) in [6.07, 6.45) is 5.75. The third-order valence-electron chi connectivity index (χ3n) is 5.58. The highest BCUT2D eigenvalue weighted by atomic mass is 35.5. The van der Waals surface area contributed by atoms with Gasteiger partial charge in [0.2, 0.25) is 5.91 Å². The maximum absolute atomic E-state index is 13.0. The molecule has 0 atom stereocenters. The molecule has 1 aromatic carbocycles. The van der Waals surface area contributed by atoms with Gasteiger partial charge >= 0.3 is 0 Å². The number of aromatic nitrogens is 2. The minimum absolute atomic E-state index is 0.0785. The summed E-state index contributed by atoms with van der Waals surface area (Å²) >= 11 is 7.73. The molecule has 0 unspecified atom stereocenters. The Balaban J connectivity index is 1.47. The number of aryl methyl sites for hydroxylation is 3. The van der Waals surface area contributed by atoms with Crippen molar-refractivity contribution >= 4 is 44.7 Å². The topological polar surface area (TPSA) is 98.3 Å². The zero-order valence-electron chi connectivity index (χ0n) is 17.0. The first kappa shape index (κ1) is 21.5. The predicted octanol–water partition coefficient (Wildman–Crippen LogP) is 3.95. The summed E-state index contributed by atoms with van der Waals surface area (Å²) in [4.78, 5) is 44.0. The number of amides is 1. The van der Waals surface area contributed by atoms with E-state index in [9.17, 15) is 19.7 Å². The molecule has 3 aromatic rings. The lowest BCUT2D eigenvalue weighted by molar-refractivity contribution is -0.384. The molecule has 2 aromatic heterocycles. The van der Waals surface area contributed by atoms with Crippen molar-refractivity contribution < 1.29 is 9.72 Å². The van der Waals surface area contributed by atoms with Crippen LogP contribution in [0, 0.1) is 10.1 Å². The quantitative estimate of drug-likeness (QED) is 0.409. The highest BCUT2D eigenvalue weighted by molar-refractivity contribution is 7.18. The van der Waals surface area contributed by atoms with Crippen LogP contribution in [0.2, 0.25) is 5.02 Å². The molecule has 0 radical (unpaired) electrons. The van der Waals surface area contributed by atoms with E-state index in [0.717, 1.165) is 36.1 Å². The Morgan fingerprint density at radius 2 is 2.13 bits per heavy atom. The third kappa shape index (κ3) is 4.33. The number of nitrogens with zero attached hydrogens (tertiary/aromatic N) is 4. The highest BCUT2D eigenvalue weighted by Crippen LogP contribution is 2.33. The van der Waals surface area contributed by atoms with Gasteiger partial charge in [-0.15, -0.1) is 11.3 Å². The first-order chi connectivity index (χ1) is 14.8. The largest absolute Gasteiger partial charge is 0.341 e. The van der Waals surface area contributed by atoms with Gasteiger partial charge in [-0.3, -0.25) is 24.3 Å². The number of nitro benzene ring substituents is 1. The molecular formula is C21H21ClN4O4S. The van der Waals surface area contributed by atoms with Gasteiger partial charge in [-0.25, -0.2) is 4.98 Å². The molecule has 31 heavy (non-hydrogen) atoms. The predicted molar refractivity (Wildman–Crippen MR) is 120 cm³/mol. The van der Waals surface area contributed by atoms with Crippen LogP contribution in [0.3, 0.4) is 0 Å². The number of nitro groups is 1. The Morgan fingerprint density at radius 3 is 2.90 bits per heavy atom. The van der Waals surface area contributed by atoms with Crippen molar-refractivity contribution in [2.45, 2.75) is 45.2 Å². The van der Waals surface area contributed by atoms with Crippen molar-refractivity contribution in [1.82, 2.24) is 14.5 Å². The lowest BCUT2D eigenvalue weighted by Crippen LogP contribution is -2.29. The second-order valence-corrected chi connectivity index (χ2v) is 9.16. The van der Waals surface area contributed by atoms with Gasteiger partial charge in [0.15, 0.2) is 0 Å². The van der Waals surface area contributed by atoms with Crippen molar-refractivity contribution in [2.24, 2.45) is 0 Å². The maximum atomic E-state index is 13.0. The highest BCUT2D eigenvalue weighted by Gasteiger charge is 2.20. The fourth-order valence-electron chi connectivity index (χ4n) is 3.89. The van der Waals surface area contributed by atoms with Gasteiger partial charge in [0, 0.05) is 48.6 Å². The molecule has 8 nitrogen and oxygen atoms in total. The first-order valence-electron chi connectivity index (χ1n) is 10.0. The van der Waals surface area contributed by atoms with Crippen molar-refractivity contribution in [3.05, 3.63) is 66.0 Å². The summed E-state index contributed by atoms with van der Waals surface area (Å²) < 4.78 is 1.50. The molecule has 0 saturated carbocycles. The molecular weight excluding hydrogens is 440 g/mol. The Hall–Kier alpha value is -2.78. The second kappa shape index (κ2) is 8.76. The zero-order valence-corrected chi connectivity index (χ0v) is 18.5. The average molecular weight is 461 g/mol. The van der Waals surface area contributed by atoms with Crippen LogP contribution >= 0.6 is 22.9 Å². The van der Waals surface area contributed by atoms with Crippen molar-refractivity contribution in [1.29, 1.82) is 0 Å². The van der Waals surface area contributed by atoms with Gasteiger partial charge in [0.25, 0.3) is 11.2 Å². The molecule has 0 fully saturated rings. The van der Waals surface area contributed by atoms with Crippen LogP contribution in [0.1, 0.15) is 35.3 Å². The average Bonchev–Trinajstić information content (AvgIpc) is 3.13. The fourth-order valence-corrected chi connectivity index (χ4v) is 5.28. The van der Waals surface area contributed by atoms with E-state index in [1.165, 1.54) is 38.9 Å². The number of hydrogen-bond acceptors (Lipinski definition) is 6. The van der Waals surface area contributed by atoms with Crippen LogP contribution in [0.15, 0.2) is 29.3 Å². The molecule has 10 heteroatoms. The van der Waals surface area contributed by atoms with Gasteiger partial charge in [0.05, 0.1) is 16.6 Å². The normalized spacial score (nSPS) is 13.2. The van der Waals surface area contributed by atoms with Gasteiger partial charge in [-0.1, -0.05) is 11.6 Å². The van der Waals surface area contributed by atoms with E-state index in [-0.39, 0.29) is 36.7 Å². The Kier molecular flexibility index (Phi) is 6.06. The van der Waals surface area contributed by atoms with E-state index in [1.54, 1.807) is 18.4 Å². The van der Waals surface area contributed by atoms with E-state index in [4.69, 9.17) is 11.6 Å². The first-order valence-corrected chi connectivity index (χ1v) is 11.2. The zero-order chi connectivity index (χ0) is 22.1. The van der Waals surface area contributed by atoms with E-state index >= 15 is 0 Å². The molecule has 0 saturated heterocycles. The second-order valence-electron chi connectivity index (χ2n) is 7.67. The van der Waals surface area contributed by atoms with Gasteiger partial charge in [-0.05, 0) is 42.9 Å². The fraction of sp³-hybridized carbons (Fsp3) is 0.381. The molecule has 1 aliphatic rings. The minimum Gasteiger partial charge on any atom is -0.341 e. The van der Waals surface area contributed by atoms with Crippen LogP contribution in [0.5, 0.6) is 0 Å². The molecule has 0 spiro atoms. The van der Waals surface area contributed by atoms with E-state index in [0.29, 0.717) is 16.0 Å². The number of non-ortho nitro benzene ring substituents is 1. The van der Waals surface area contributed by atoms with Crippen LogP contribution in [-0.2, 0) is 30.7 Å².